The first kappa shape index (κ1) is 14.0. The zero-order valence-corrected chi connectivity index (χ0v) is 11.8. The summed E-state index contributed by atoms with van der Waals surface area (Å²) in [6, 6.07) is 6.46. The molecule has 0 saturated heterocycles. The summed E-state index contributed by atoms with van der Waals surface area (Å²) in [5.74, 6) is 0. The third kappa shape index (κ3) is 5.18. The third-order valence-electron chi connectivity index (χ3n) is 2.91. The summed E-state index contributed by atoms with van der Waals surface area (Å²) in [6.45, 7) is 12.0. The van der Waals surface area contributed by atoms with Gasteiger partial charge in [-0.3, -0.25) is 0 Å². The highest BCUT2D eigenvalue weighted by molar-refractivity contribution is 5.55. The van der Waals surface area contributed by atoms with E-state index in [1.165, 1.54) is 16.7 Å². The minimum Gasteiger partial charge on any atom is -0.312 e. The fourth-order valence-electron chi connectivity index (χ4n) is 1.70. The number of hydrogen-bond donors (Lipinski definition) is 1. The molecule has 1 nitrogen and oxygen atoms in total. The topological polar surface area (TPSA) is 12.0 Å². The second-order valence-electron chi connectivity index (χ2n) is 5.66. The quantitative estimate of drug-likeness (QED) is 0.769. The standard InChI is InChI=1S/C16H25N/c1-13-9-8-11-15(14(13)2)10-6-7-12-17-16(3,4)5/h6,8-11,17H,7,12H2,1-5H3. The summed E-state index contributed by atoms with van der Waals surface area (Å²) in [4.78, 5) is 0. The van der Waals surface area contributed by atoms with Gasteiger partial charge in [0.2, 0.25) is 0 Å². The smallest absolute Gasteiger partial charge is 0.00966 e. The maximum Gasteiger partial charge on any atom is 0.00966 e. The van der Waals surface area contributed by atoms with Gasteiger partial charge in [-0.2, -0.15) is 0 Å². The molecule has 1 rings (SSSR count). The van der Waals surface area contributed by atoms with Gasteiger partial charge in [0.15, 0.2) is 0 Å². The molecule has 0 spiro atoms. The van der Waals surface area contributed by atoms with Crippen LogP contribution in [0.2, 0.25) is 0 Å². The van der Waals surface area contributed by atoms with Gasteiger partial charge in [-0.25, -0.2) is 0 Å². The number of benzene rings is 1. The summed E-state index contributed by atoms with van der Waals surface area (Å²) >= 11 is 0. The maximum atomic E-state index is 3.48. The minimum absolute atomic E-state index is 0.215. The number of rotatable bonds is 4. The molecule has 17 heavy (non-hydrogen) atoms. The summed E-state index contributed by atoms with van der Waals surface area (Å²) in [6.07, 6.45) is 5.55. The molecule has 0 aliphatic heterocycles. The van der Waals surface area contributed by atoms with Crippen LogP contribution in [0.5, 0.6) is 0 Å². The predicted molar refractivity (Wildman–Crippen MR) is 77.3 cm³/mol. The lowest BCUT2D eigenvalue weighted by Gasteiger charge is -2.19. The molecule has 0 saturated carbocycles. The van der Waals surface area contributed by atoms with Crippen LogP contribution in [0.3, 0.4) is 0 Å². The molecule has 0 radical (unpaired) electrons. The zero-order chi connectivity index (χ0) is 12.9. The van der Waals surface area contributed by atoms with Crippen LogP contribution in [0.1, 0.15) is 43.9 Å². The molecule has 0 bridgehead atoms. The van der Waals surface area contributed by atoms with Gasteiger partial charge < -0.3 is 5.32 Å². The summed E-state index contributed by atoms with van der Waals surface area (Å²) in [5, 5.41) is 3.48. The summed E-state index contributed by atoms with van der Waals surface area (Å²) in [7, 11) is 0. The Kier molecular flexibility index (Phi) is 4.95. The van der Waals surface area contributed by atoms with Crippen LogP contribution in [-0.2, 0) is 0 Å². The van der Waals surface area contributed by atoms with Gasteiger partial charge in [0.25, 0.3) is 0 Å². The van der Waals surface area contributed by atoms with E-state index in [1.54, 1.807) is 0 Å². The Morgan fingerprint density at radius 1 is 1.18 bits per heavy atom. The van der Waals surface area contributed by atoms with Crippen molar-refractivity contribution in [1.82, 2.24) is 5.32 Å². The highest BCUT2D eigenvalue weighted by Crippen LogP contribution is 2.14. The average molecular weight is 231 g/mol. The van der Waals surface area contributed by atoms with Crippen molar-refractivity contribution in [3.63, 3.8) is 0 Å². The lowest BCUT2D eigenvalue weighted by Crippen LogP contribution is -2.36. The first-order valence-electron chi connectivity index (χ1n) is 6.38. The Labute approximate surface area is 106 Å². The predicted octanol–water partition coefficient (Wildman–Crippen LogP) is 4.09. The van der Waals surface area contributed by atoms with E-state index in [9.17, 15) is 0 Å². The van der Waals surface area contributed by atoms with Gasteiger partial charge in [-0.15, -0.1) is 0 Å². The minimum atomic E-state index is 0.215. The van der Waals surface area contributed by atoms with Crippen molar-refractivity contribution in [2.75, 3.05) is 6.54 Å². The van der Waals surface area contributed by atoms with E-state index in [2.05, 4.69) is 70.3 Å². The number of nitrogens with one attached hydrogen (secondary N) is 1. The summed E-state index contributed by atoms with van der Waals surface area (Å²) in [5.41, 5.74) is 4.29. The normalized spacial score (nSPS) is 12.3. The van der Waals surface area contributed by atoms with Gasteiger partial charge >= 0.3 is 0 Å². The molecule has 0 fully saturated rings. The first-order chi connectivity index (χ1) is 7.90. The molecular weight excluding hydrogens is 206 g/mol. The van der Waals surface area contributed by atoms with Crippen LogP contribution in [0, 0.1) is 13.8 Å². The fourth-order valence-corrected chi connectivity index (χ4v) is 1.70. The molecule has 0 aliphatic carbocycles. The van der Waals surface area contributed by atoms with E-state index in [1.807, 2.05) is 0 Å². The Morgan fingerprint density at radius 2 is 1.88 bits per heavy atom. The lowest BCUT2D eigenvalue weighted by atomic mass is 10.0. The van der Waals surface area contributed by atoms with Crippen LogP contribution in [-0.4, -0.2) is 12.1 Å². The van der Waals surface area contributed by atoms with Crippen molar-refractivity contribution in [3.8, 4) is 0 Å². The Hall–Kier alpha value is -1.08. The molecule has 0 heterocycles. The van der Waals surface area contributed by atoms with E-state index < -0.39 is 0 Å². The van der Waals surface area contributed by atoms with E-state index in [4.69, 9.17) is 0 Å². The Morgan fingerprint density at radius 3 is 2.53 bits per heavy atom. The Balaban J connectivity index is 2.46. The second kappa shape index (κ2) is 6.02. The third-order valence-corrected chi connectivity index (χ3v) is 2.91. The van der Waals surface area contributed by atoms with E-state index >= 15 is 0 Å². The molecule has 1 N–H and O–H groups in total. The van der Waals surface area contributed by atoms with E-state index in [0.717, 1.165) is 13.0 Å². The highest BCUT2D eigenvalue weighted by Gasteiger charge is 2.06. The molecule has 1 aromatic carbocycles. The van der Waals surface area contributed by atoms with Crippen LogP contribution in [0.15, 0.2) is 24.3 Å². The SMILES string of the molecule is Cc1cccc(C=CCCNC(C)(C)C)c1C. The first-order valence-corrected chi connectivity index (χ1v) is 6.38. The molecule has 94 valence electrons. The molecule has 0 unspecified atom stereocenters. The van der Waals surface area contributed by atoms with Gasteiger partial charge in [0.05, 0.1) is 0 Å². The molecule has 0 aliphatic rings. The number of aryl methyl sites for hydroxylation is 1. The van der Waals surface area contributed by atoms with Crippen LogP contribution in [0.4, 0.5) is 0 Å². The van der Waals surface area contributed by atoms with Crippen molar-refractivity contribution in [2.45, 2.75) is 46.6 Å². The van der Waals surface area contributed by atoms with Crippen molar-refractivity contribution >= 4 is 6.08 Å². The molecule has 0 amide bonds. The largest absolute Gasteiger partial charge is 0.312 e. The van der Waals surface area contributed by atoms with E-state index in [0.29, 0.717) is 0 Å². The monoisotopic (exact) mass is 231 g/mol. The van der Waals surface area contributed by atoms with E-state index in [-0.39, 0.29) is 5.54 Å². The van der Waals surface area contributed by atoms with Gasteiger partial charge in [0, 0.05) is 5.54 Å². The lowest BCUT2D eigenvalue weighted by molar-refractivity contribution is 0.431. The van der Waals surface area contributed by atoms with Crippen LogP contribution >= 0.6 is 0 Å². The highest BCUT2D eigenvalue weighted by atomic mass is 14.9. The van der Waals surface area contributed by atoms with Gasteiger partial charge in [-0.05, 0) is 64.3 Å². The summed E-state index contributed by atoms with van der Waals surface area (Å²) < 4.78 is 0. The van der Waals surface area contributed by atoms with Crippen molar-refractivity contribution < 1.29 is 0 Å². The van der Waals surface area contributed by atoms with Crippen molar-refractivity contribution in [1.29, 1.82) is 0 Å². The average Bonchev–Trinajstić information content (AvgIpc) is 2.22. The van der Waals surface area contributed by atoms with Crippen molar-refractivity contribution in [3.05, 3.63) is 41.0 Å². The fraction of sp³-hybridized carbons (Fsp3) is 0.500. The van der Waals surface area contributed by atoms with Gasteiger partial charge in [0.1, 0.15) is 0 Å². The molecule has 0 atom stereocenters. The van der Waals surface area contributed by atoms with Crippen molar-refractivity contribution in [2.24, 2.45) is 0 Å². The van der Waals surface area contributed by atoms with Crippen LogP contribution in [0.25, 0.3) is 6.08 Å². The second-order valence-corrected chi connectivity index (χ2v) is 5.66. The Bertz CT molecular complexity index is 383. The van der Waals surface area contributed by atoms with Gasteiger partial charge in [-0.1, -0.05) is 30.4 Å². The molecule has 1 aromatic rings. The number of hydrogen-bond acceptors (Lipinski definition) is 1. The maximum absolute atomic E-state index is 3.48. The molecule has 1 heteroatoms. The zero-order valence-electron chi connectivity index (χ0n) is 11.8. The molecule has 0 aromatic heterocycles. The van der Waals surface area contributed by atoms with Crippen LogP contribution < -0.4 is 5.32 Å². The molecular formula is C16H25N.